The van der Waals surface area contributed by atoms with Gasteiger partial charge in [-0.25, -0.2) is 0 Å². The third-order valence-electron chi connectivity index (χ3n) is 1.96. The Kier molecular flexibility index (Phi) is 4.27. The SMILES string of the molecule is C/C=C/c1ccc(CCCO)cc1. The average molecular weight is 176 g/mol. The van der Waals surface area contributed by atoms with E-state index in [0.717, 1.165) is 12.8 Å². The molecule has 0 radical (unpaired) electrons. The molecule has 1 heteroatoms. The molecule has 0 aliphatic carbocycles. The molecular formula is C12H16O. The molecule has 0 spiro atoms. The first kappa shape index (κ1) is 10.0. The normalized spacial score (nSPS) is 10.9. The largest absolute Gasteiger partial charge is 0.396 e. The van der Waals surface area contributed by atoms with Gasteiger partial charge in [0.05, 0.1) is 0 Å². The smallest absolute Gasteiger partial charge is 0.0434 e. The van der Waals surface area contributed by atoms with E-state index in [1.807, 2.05) is 13.0 Å². The summed E-state index contributed by atoms with van der Waals surface area (Å²) in [6.07, 6.45) is 5.92. The minimum absolute atomic E-state index is 0.274. The highest BCUT2D eigenvalue weighted by Gasteiger charge is 1.91. The Morgan fingerprint density at radius 1 is 1.23 bits per heavy atom. The summed E-state index contributed by atoms with van der Waals surface area (Å²) >= 11 is 0. The van der Waals surface area contributed by atoms with Crippen LogP contribution < -0.4 is 0 Å². The molecule has 0 saturated heterocycles. The van der Waals surface area contributed by atoms with Crippen LogP contribution in [0.1, 0.15) is 24.5 Å². The summed E-state index contributed by atoms with van der Waals surface area (Å²) in [5, 5.41) is 8.66. The Bertz CT molecular complexity index is 259. The molecule has 13 heavy (non-hydrogen) atoms. The van der Waals surface area contributed by atoms with Gasteiger partial charge in [0.25, 0.3) is 0 Å². The van der Waals surface area contributed by atoms with Crippen molar-refractivity contribution in [2.24, 2.45) is 0 Å². The van der Waals surface area contributed by atoms with Crippen molar-refractivity contribution in [1.29, 1.82) is 0 Å². The first-order valence-electron chi connectivity index (χ1n) is 4.69. The van der Waals surface area contributed by atoms with Crippen LogP contribution in [0.4, 0.5) is 0 Å². The number of hydrogen-bond donors (Lipinski definition) is 1. The molecule has 1 N–H and O–H groups in total. The molecule has 0 amide bonds. The van der Waals surface area contributed by atoms with Crippen molar-refractivity contribution in [2.75, 3.05) is 6.61 Å². The van der Waals surface area contributed by atoms with E-state index in [1.54, 1.807) is 0 Å². The molecular weight excluding hydrogens is 160 g/mol. The summed E-state index contributed by atoms with van der Waals surface area (Å²) < 4.78 is 0. The second kappa shape index (κ2) is 5.55. The molecule has 1 nitrogen and oxygen atoms in total. The molecule has 70 valence electrons. The van der Waals surface area contributed by atoms with Crippen LogP contribution in [-0.4, -0.2) is 11.7 Å². The predicted octanol–water partition coefficient (Wildman–Crippen LogP) is 2.64. The second-order valence-electron chi connectivity index (χ2n) is 3.07. The lowest BCUT2D eigenvalue weighted by Gasteiger charge is -1.99. The summed E-state index contributed by atoms with van der Waals surface area (Å²) in [5.74, 6) is 0. The maximum Gasteiger partial charge on any atom is 0.0434 e. The molecule has 1 aromatic carbocycles. The van der Waals surface area contributed by atoms with E-state index in [-0.39, 0.29) is 6.61 Å². The summed E-state index contributed by atoms with van der Waals surface area (Å²) in [4.78, 5) is 0. The van der Waals surface area contributed by atoms with Crippen LogP contribution in [0.5, 0.6) is 0 Å². The Labute approximate surface area is 79.7 Å². The molecule has 0 atom stereocenters. The molecule has 1 rings (SSSR count). The topological polar surface area (TPSA) is 20.2 Å². The van der Waals surface area contributed by atoms with Crippen LogP contribution in [0.3, 0.4) is 0 Å². The number of rotatable bonds is 4. The Balaban J connectivity index is 2.58. The molecule has 0 fully saturated rings. The van der Waals surface area contributed by atoms with Gasteiger partial charge < -0.3 is 5.11 Å². The third-order valence-corrected chi connectivity index (χ3v) is 1.96. The van der Waals surface area contributed by atoms with E-state index >= 15 is 0 Å². The number of hydrogen-bond acceptors (Lipinski definition) is 1. The first-order valence-corrected chi connectivity index (χ1v) is 4.69. The monoisotopic (exact) mass is 176 g/mol. The van der Waals surface area contributed by atoms with Crippen molar-refractivity contribution < 1.29 is 5.11 Å². The van der Waals surface area contributed by atoms with Gasteiger partial charge in [0, 0.05) is 6.61 Å². The number of aliphatic hydroxyl groups is 1. The van der Waals surface area contributed by atoms with Gasteiger partial charge in [0.1, 0.15) is 0 Å². The lowest BCUT2D eigenvalue weighted by molar-refractivity contribution is 0.288. The lowest BCUT2D eigenvalue weighted by atomic mass is 10.1. The van der Waals surface area contributed by atoms with Crippen LogP contribution in [0.25, 0.3) is 6.08 Å². The standard InChI is InChI=1S/C12H16O/c1-2-4-11-6-8-12(9-7-11)5-3-10-13/h2,4,6-9,13H,3,5,10H2,1H3/b4-2+. The first-order chi connectivity index (χ1) is 6.36. The van der Waals surface area contributed by atoms with Crippen molar-refractivity contribution >= 4 is 6.08 Å². The van der Waals surface area contributed by atoms with Crippen LogP contribution in [0.15, 0.2) is 30.3 Å². The molecule has 0 aliphatic rings. The molecule has 0 aromatic heterocycles. The number of allylic oxidation sites excluding steroid dienone is 1. The quantitative estimate of drug-likeness (QED) is 0.747. The van der Waals surface area contributed by atoms with Gasteiger partial charge in [-0.3, -0.25) is 0 Å². The van der Waals surface area contributed by atoms with Crippen LogP contribution >= 0.6 is 0 Å². The molecule has 1 aromatic rings. The van der Waals surface area contributed by atoms with Crippen molar-refractivity contribution in [1.82, 2.24) is 0 Å². The number of aryl methyl sites for hydroxylation is 1. The van der Waals surface area contributed by atoms with E-state index < -0.39 is 0 Å². The van der Waals surface area contributed by atoms with E-state index in [0.29, 0.717) is 0 Å². The minimum atomic E-state index is 0.274. The summed E-state index contributed by atoms with van der Waals surface area (Å²) in [6, 6.07) is 8.44. The van der Waals surface area contributed by atoms with Gasteiger partial charge in [0.2, 0.25) is 0 Å². The van der Waals surface area contributed by atoms with Crippen molar-refractivity contribution in [3.63, 3.8) is 0 Å². The fourth-order valence-corrected chi connectivity index (χ4v) is 1.27. The van der Waals surface area contributed by atoms with Crippen LogP contribution in [0.2, 0.25) is 0 Å². The predicted molar refractivity (Wildman–Crippen MR) is 56.6 cm³/mol. The van der Waals surface area contributed by atoms with Gasteiger partial charge in [0.15, 0.2) is 0 Å². The van der Waals surface area contributed by atoms with Crippen LogP contribution in [-0.2, 0) is 6.42 Å². The van der Waals surface area contributed by atoms with E-state index in [1.165, 1.54) is 11.1 Å². The highest BCUT2D eigenvalue weighted by molar-refractivity contribution is 5.49. The lowest BCUT2D eigenvalue weighted by Crippen LogP contribution is -1.88. The highest BCUT2D eigenvalue weighted by atomic mass is 16.2. The zero-order valence-corrected chi connectivity index (χ0v) is 8.03. The van der Waals surface area contributed by atoms with Gasteiger partial charge in [-0.1, -0.05) is 36.4 Å². The van der Waals surface area contributed by atoms with Crippen molar-refractivity contribution in [3.05, 3.63) is 41.5 Å². The average Bonchev–Trinajstić information content (AvgIpc) is 2.17. The van der Waals surface area contributed by atoms with Gasteiger partial charge >= 0.3 is 0 Å². The van der Waals surface area contributed by atoms with Crippen molar-refractivity contribution in [2.45, 2.75) is 19.8 Å². The Morgan fingerprint density at radius 3 is 2.46 bits per heavy atom. The zero-order chi connectivity index (χ0) is 9.52. The maximum absolute atomic E-state index is 8.66. The molecule has 0 unspecified atom stereocenters. The second-order valence-corrected chi connectivity index (χ2v) is 3.07. The molecule has 0 bridgehead atoms. The Hall–Kier alpha value is -1.08. The van der Waals surface area contributed by atoms with Gasteiger partial charge in [-0.2, -0.15) is 0 Å². The van der Waals surface area contributed by atoms with E-state index in [2.05, 4.69) is 30.3 Å². The summed E-state index contributed by atoms with van der Waals surface area (Å²) in [6.45, 7) is 2.29. The fraction of sp³-hybridized carbons (Fsp3) is 0.333. The highest BCUT2D eigenvalue weighted by Crippen LogP contribution is 2.07. The summed E-state index contributed by atoms with van der Waals surface area (Å²) in [7, 11) is 0. The van der Waals surface area contributed by atoms with E-state index in [4.69, 9.17) is 5.11 Å². The van der Waals surface area contributed by atoms with Gasteiger partial charge in [-0.15, -0.1) is 0 Å². The summed E-state index contributed by atoms with van der Waals surface area (Å²) in [5.41, 5.74) is 2.53. The minimum Gasteiger partial charge on any atom is -0.396 e. The molecule has 0 aliphatic heterocycles. The fourth-order valence-electron chi connectivity index (χ4n) is 1.27. The molecule has 0 saturated carbocycles. The Morgan fingerprint density at radius 2 is 1.92 bits per heavy atom. The maximum atomic E-state index is 8.66. The third kappa shape index (κ3) is 3.43. The number of aliphatic hydroxyl groups excluding tert-OH is 1. The van der Waals surface area contributed by atoms with Gasteiger partial charge in [-0.05, 0) is 30.9 Å². The molecule has 0 heterocycles. The van der Waals surface area contributed by atoms with Crippen LogP contribution in [0, 0.1) is 0 Å². The van der Waals surface area contributed by atoms with E-state index in [9.17, 15) is 0 Å². The number of benzene rings is 1. The van der Waals surface area contributed by atoms with Crippen molar-refractivity contribution in [3.8, 4) is 0 Å². The zero-order valence-electron chi connectivity index (χ0n) is 8.03.